The number of carboxylic acids is 1. The van der Waals surface area contributed by atoms with Crippen molar-refractivity contribution in [2.24, 2.45) is 0 Å². The van der Waals surface area contributed by atoms with Crippen molar-refractivity contribution in [1.29, 1.82) is 0 Å². The Morgan fingerprint density at radius 2 is 1.67 bits per heavy atom. The molecule has 18 heavy (non-hydrogen) atoms. The molecule has 1 aliphatic carbocycles. The van der Waals surface area contributed by atoms with Crippen molar-refractivity contribution >= 4 is 11.9 Å². The van der Waals surface area contributed by atoms with Gasteiger partial charge in [-0.2, -0.15) is 0 Å². The van der Waals surface area contributed by atoms with Gasteiger partial charge in [-0.25, -0.2) is 4.79 Å². The zero-order valence-electron chi connectivity index (χ0n) is 10.2. The van der Waals surface area contributed by atoms with E-state index >= 15 is 0 Å². The van der Waals surface area contributed by atoms with Crippen molar-refractivity contribution in [3.05, 3.63) is 35.4 Å². The normalized spacial score (nSPS) is 16.2. The quantitative estimate of drug-likeness (QED) is 0.862. The second-order valence-electron chi connectivity index (χ2n) is 4.66. The third kappa shape index (κ3) is 2.88. The molecule has 0 aromatic heterocycles. The predicted molar refractivity (Wildman–Crippen MR) is 67.7 cm³/mol. The lowest BCUT2D eigenvalue weighted by molar-refractivity contribution is 0.0690. The van der Waals surface area contributed by atoms with Gasteiger partial charge in [0.2, 0.25) is 0 Å². The summed E-state index contributed by atoms with van der Waals surface area (Å²) in [4.78, 5) is 23.1. The molecule has 1 amide bonds. The monoisotopic (exact) mass is 247 g/mol. The highest BCUT2D eigenvalue weighted by atomic mass is 16.4. The van der Waals surface area contributed by atoms with Gasteiger partial charge in [-0.1, -0.05) is 31.4 Å². The molecule has 0 saturated heterocycles. The van der Waals surface area contributed by atoms with Gasteiger partial charge in [0, 0.05) is 6.04 Å². The average Bonchev–Trinajstić information content (AvgIpc) is 2.40. The van der Waals surface area contributed by atoms with Gasteiger partial charge in [0.25, 0.3) is 5.91 Å². The Kier molecular flexibility index (Phi) is 3.97. The standard InChI is InChI=1S/C14H17NO3/c16-13(15-10-6-2-1-3-7-10)11-8-4-5-9-12(11)14(17)18/h4-5,8-10H,1-3,6-7H2,(H,15,16)(H,17,18). The maximum atomic E-state index is 12.1. The summed E-state index contributed by atoms with van der Waals surface area (Å²) in [6.07, 6.45) is 5.46. The summed E-state index contributed by atoms with van der Waals surface area (Å²) in [5.74, 6) is -1.34. The summed E-state index contributed by atoms with van der Waals surface area (Å²) in [7, 11) is 0. The fourth-order valence-corrected chi connectivity index (χ4v) is 2.38. The smallest absolute Gasteiger partial charge is 0.336 e. The molecule has 0 spiro atoms. The molecule has 1 aromatic rings. The molecule has 4 heteroatoms. The summed E-state index contributed by atoms with van der Waals surface area (Å²) in [6, 6.07) is 6.51. The van der Waals surface area contributed by atoms with Gasteiger partial charge in [0.15, 0.2) is 0 Å². The average molecular weight is 247 g/mol. The molecule has 2 N–H and O–H groups in total. The van der Waals surface area contributed by atoms with Crippen molar-refractivity contribution in [1.82, 2.24) is 5.32 Å². The van der Waals surface area contributed by atoms with Crippen LogP contribution >= 0.6 is 0 Å². The molecule has 1 aromatic carbocycles. The zero-order chi connectivity index (χ0) is 13.0. The first-order valence-corrected chi connectivity index (χ1v) is 6.31. The zero-order valence-corrected chi connectivity index (χ0v) is 10.2. The fourth-order valence-electron chi connectivity index (χ4n) is 2.38. The van der Waals surface area contributed by atoms with Crippen LogP contribution in [0.1, 0.15) is 52.8 Å². The van der Waals surface area contributed by atoms with Gasteiger partial charge in [-0.05, 0) is 25.0 Å². The number of amides is 1. The van der Waals surface area contributed by atoms with Crippen LogP contribution < -0.4 is 5.32 Å². The molecule has 0 heterocycles. The molecular formula is C14H17NO3. The lowest BCUT2D eigenvalue weighted by Crippen LogP contribution is -2.36. The number of hydrogen-bond acceptors (Lipinski definition) is 2. The number of carbonyl (C=O) groups is 2. The predicted octanol–water partition coefficient (Wildman–Crippen LogP) is 2.45. The van der Waals surface area contributed by atoms with E-state index in [1.54, 1.807) is 18.2 Å². The van der Waals surface area contributed by atoms with Crippen LogP contribution in [-0.2, 0) is 0 Å². The number of nitrogens with one attached hydrogen (secondary N) is 1. The molecule has 1 aliphatic rings. The van der Waals surface area contributed by atoms with E-state index in [-0.39, 0.29) is 23.1 Å². The lowest BCUT2D eigenvalue weighted by Gasteiger charge is -2.23. The van der Waals surface area contributed by atoms with E-state index in [0.717, 1.165) is 25.7 Å². The molecule has 4 nitrogen and oxygen atoms in total. The van der Waals surface area contributed by atoms with Gasteiger partial charge in [-0.3, -0.25) is 4.79 Å². The third-order valence-corrected chi connectivity index (χ3v) is 3.34. The molecule has 1 fully saturated rings. The number of carboxylic acid groups (broad SMARTS) is 1. The van der Waals surface area contributed by atoms with Crippen LogP contribution in [-0.4, -0.2) is 23.0 Å². The number of carbonyl (C=O) groups excluding carboxylic acids is 1. The van der Waals surface area contributed by atoms with E-state index in [1.165, 1.54) is 12.5 Å². The molecule has 0 bridgehead atoms. The molecular weight excluding hydrogens is 230 g/mol. The Morgan fingerprint density at radius 1 is 1.06 bits per heavy atom. The van der Waals surface area contributed by atoms with Crippen LogP contribution in [0.3, 0.4) is 0 Å². The Bertz CT molecular complexity index is 450. The minimum Gasteiger partial charge on any atom is -0.478 e. The van der Waals surface area contributed by atoms with Crippen molar-refractivity contribution in [2.45, 2.75) is 38.1 Å². The van der Waals surface area contributed by atoms with Gasteiger partial charge in [0.05, 0.1) is 11.1 Å². The Labute approximate surface area is 106 Å². The molecule has 0 radical (unpaired) electrons. The lowest BCUT2D eigenvalue weighted by atomic mass is 9.95. The SMILES string of the molecule is O=C(O)c1ccccc1C(=O)NC1CCCCC1. The Morgan fingerprint density at radius 3 is 2.28 bits per heavy atom. The molecule has 1 saturated carbocycles. The van der Waals surface area contributed by atoms with Crippen LogP contribution in [0.25, 0.3) is 0 Å². The van der Waals surface area contributed by atoms with Crippen LogP contribution in [0.15, 0.2) is 24.3 Å². The maximum Gasteiger partial charge on any atom is 0.336 e. The van der Waals surface area contributed by atoms with Crippen molar-refractivity contribution in [3.63, 3.8) is 0 Å². The van der Waals surface area contributed by atoms with Crippen molar-refractivity contribution in [3.8, 4) is 0 Å². The summed E-state index contributed by atoms with van der Waals surface area (Å²) < 4.78 is 0. The first-order valence-electron chi connectivity index (χ1n) is 6.31. The van der Waals surface area contributed by atoms with Gasteiger partial charge >= 0.3 is 5.97 Å². The Hall–Kier alpha value is -1.84. The van der Waals surface area contributed by atoms with Gasteiger partial charge in [-0.15, -0.1) is 0 Å². The van der Waals surface area contributed by atoms with E-state index in [9.17, 15) is 9.59 Å². The van der Waals surface area contributed by atoms with E-state index in [2.05, 4.69) is 5.32 Å². The number of hydrogen-bond donors (Lipinski definition) is 2. The van der Waals surface area contributed by atoms with Gasteiger partial charge < -0.3 is 10.4 Å². The van der Waals surface area contributed by atoms with Gasteiger partial charge in [0.1, 0.15) is 0 Å². The molecule has 2 rings (SSSR count). The third-order valence-electron chi connectivity index (χ3n) is 3.34. The first-order chi connectivity index (χ1) is 8.68. The van der Waals surface area contributed by atoms with Crippen LogP contribution in [0.2, 0.25) is 0 Å². The largest absolute Gasteiger partial charge is 0.478 e. The van der Waals surface area contributed by atoms with Crippen LogP contribution in [0.5, 0.6) is 0 Å². The van der Waals surface area contributed by atoms with Crippen LogP contribution in [0.4, 0.5) is 0 Å². The first kappa shape index (κ1) is 12.6. The minimum atomic E-state index is -1.07. The van der Waals surface area contributed by atoms with E-state index in [1.807, 2.05) is 0 Å². The summed E-state index contributed by atoms with van der Waals surface area (Å²) >= 11 is 0. The second kappa shape index (κ2) is 5.67. The summed E-state index contributed by atoms with van der Waals surface area (Å²) in [5.41, 5.74) is 0.307. The van der Waals surface area contributed by atoms with E-state index < -0.39 is 5.97 Å². The molecule has 0 atom stereocenters. The Balaban J connectivity index is 2.10. The minimum absolute atomic E-state index is 0.0609. The fraction of sp³-hybridized carbons (Fsp3) is 0.429. The number of benzene rings is 1. The highest BCUT2D eigenvalue weighted by molar-refractivity contribution is 6.04. The van der Waals surface area contributed by atoms with E-state index in [4.69, 9.17) is 5.11 Å². The highest BCUT2D eigenvalue weighted by Crippen LogP contribution is 2.18. The molecule has 0 unspecified atom stereocenters. The highest BCUT2D eigenvalue weighted by Gasteiger charge is 2.20. The molecule has 0 aliphatic heterocycles. The summed E-state index contributed by atoms with van der Waals surface area (Å²) in [5, 5.41) is 12.0. The van der Waals surface area contributed by atoms with Crippen molar-refractivity contribution < 1.29 is 14.7 Å². The van der Waals surface area contributed by atoms with Crippen molar-refractivity contribution in [2.75, 3.05) is 0 Å². The number of rotatable bonds is 3. The summed E-state index contributed by atoms with van der Waals surface area (Å²) in [6.45, 7) is 0. The maximum absolute atomic E-state index is 12.1. The second-order valence-corrected chi connectivity index (χ2v) is 4.66. The number of aromatic carboxylic acids is 1. The van der Waals surface area contributed by atoms with Crippen LogP contribution in [0, 0.1) is 0 Å². The van der Waals surface area contributed by atoms with E-state index in [0.29, 0.717) is 0 Å². The topological polar surface area (TPSA) is 66.4 Å². The molecule has 96 valence electrons.